The van der Waals surface area contributed by atoms with Crippen molar-refractivity contribution in [2.45, 2.75) is 65.7 Å². The average Bonchev–Trinajstić information content (AvgIpc) is 2.43. The summed E-state index contributed by atoms with van der Waals surface area (Å²) in [6.07, 6.45) is 10.2. The van der Waals surface area contributed by atoms with Gasteiger partial charge in [0.2, 0.25) is 0 Å². The summed E-state index contributed by atoms with van der Waals surface area (Å²) < 4.78 is 0. The zero-order chi connectivity index (χ0) is 14.8. The molecule has 0 aromatic rings. The lowest BCUT2D eigenvalue weighted by molar-refractivity contribution is 0.197. The maximum absolute atomic E-state index is 3.54. The molecule has 1 rings (SSSR count). The fourth-order valence-corrected chi connectivity index (χ4v) is 3.39. The van der Waals surface area contributed by atoms with Crippen molar-refractivity contribution in [3.05, 3.63) is 0 Å². The largest absolute Gasteiger partial charge is 0.315 e. The van der Waals surface area contributed by atoms with Gasteiger partial charge in [-0.2, -0.15) is 0 Å². The lowest BCUT2D eigenvalue weighted by atomic mass is 9.79. The second-order valence-electron chi connectivity index (χ2n) is 7.39. The lowest BCUT2D eigenvalue weighted by Crippen LogP contribution is -2.35. The molecule has 120 valence electrons. The topological polar surface area (TPSA) is 15.3 Å². The van der Waals surface area contributed by atoms with Gasteiger partial charge in [-0.1, -0.05) is 52.9 Å². The number of hydrogen-bond donors (Lipinski definition) is 1. The van der Waals surface area contributed by atoms with Gasteiger partial charge in [-0.3, -0.25) is 0 Å². The van der Waals surface area contributed by atoms with Gasteiger partial charge in [0.05, 0.1) is 0 Å². The van der Waals surface area contributed by atoms with Crippen LogP contribution in [0.3, 0.4) is 0 Å². The van der Waals surface area contributed by atoms with Gasteiger partial charge in [0.1, 0.15) is 0 Å². The Labute approximate surface area is 127 Å². The third-order valence-electron chi connectivity index (χ3n) is 4.73. The Morgan fingerprint density at radius 3 is 2.35 bits per heavy atom. The summed E-state index contributed by atoms with van der Waals surface area (Å²) in [7, 11) is 2.29. The van der Waals surface area contributed by atoms with Crippen molar-refractivity contribution in [3.63, 3.8) is 0 Å². The first-order valence-corrected chi connectivity index (χ1v) is 9.01. The normalized spacial score (nSPS) is 23.7. The van der Waals surface area contributed by atoms with Gasteiger partial charge in [0.15, 0.2) is 0 Å². The molecule has 2 nitrogen and oxygen atoms in total. The van der Waals surface area contributed by atoms with E-state index in [1.165, 1.54) is 58.0 Å². The Bertz CT molecular complexity index is 219. The Morgan fingerprint density at radius 1 is 1.10 bits per heavy atom. The van der Waals surface area contributed by atoms with E-state index in [-0.39, 0.29) is 0 Å². The maximum atomic E-state index is 3.54. The van der Waals surface area contributed by atoms with Crippen LogP contribution in [0.25, 0.3) is 0 Å². The van der Waals surface area contributed by atoms with E-state index < -0.39 is 0 Å². The van der Waals surface area contributed by atoms with Crippen LogP contribution in [0.15, 0.2) is 0 Å². The number of likely N-dealkylation sites (N-methyl/N-ethyl adjacent to an activating group) is 1. The molecular weight excluding hydrogens is 244 g/mol. The van der Waals surface area contributed by atoms with Gasteiger partial charge < -0.3 is 10.2 Å². The molecule has 0 amide bonds. The summed E-state index contributed by atoms with van der Waals surface area (Å²) in [6.45, 7) is 11.7. The Hall–Kier alpha value is -0.0800. The molecule has 1 N–H and O–H groups in total. The van der Waals surface area contributed by atoms with E-state index in [1.54, 1.807) is 0 Å². The van der Waals surface area contributed by atoms with Gasteiger partial charge in [0, 0.05) is 19.6 Å². The third-order valence-corrected chi connectivity index (χ3v) is 4.73. The van der Waals surface area contributed by atoms with Crippen molar-refractivity contribution in [2.24, 2.45) is 17.8 Å². The second-order valence-corrected chi connectivity index (χ2v) is 7.39. The number of rotatable bonds is 10. The molecule has 0 unspecified atom stereocenters. The monoisotopic (exact) mass is 282 g/mol. The highest BCUT2D eigenvalue weighted by Gasteiger charge is 2.21. The lowest BCUT2D eigenvalue weighted by Gasteiger charge is -2.31. The molecule has 1 fully saturated rings. The minimum Gasteiger partial charge on any atom is -0.315 e. The zero-order valence-corrected chi connectivity index (χ0v) is 14.5. The summed E-state index contributed by atoms with van der Waals surface area (Å²) in [4.78, 5) is 2.53. The molecule has 0 atom stereocenters. The van der Waals surface area contributed by atoms with E-state index in [4.69, 9.17) is 0 Å². The van der Waals surface area contributed by atoms with Crippen LogP contribution in [0.5, 0.6) is 0 Å². The van der Waals surface area contributed by atoms with Gasteiger partial charge in [0.25, 0.3) is 0 Å². The smallest absolute Gasteiger partial charge is 0.0104 e. The molecular formula is C18H38N2. The first kappa shape index (κ1) is 18.0. The van der Waals surface area contributed by atoms with E-state index in [1.807, 2.05) is 0 Å². The van der Waals surface area contributed by atoms with Gasteiger partial charge >= 0.3 is 0 Å². The van der Waals surface area contributed by atoms with Gasteiger partial charge in [-0.15, -0.1) is 0 Å². The summed E-state index contributed by atoms with van der Waals surface area (Å²) in [5, 5.41) is 3.54. The van der Waals surface area contributed by atoms with E-state index in [9.17, 15) is 0 Å². The van der Waals surface area contributed by atoms with Crippen LogP contribution in [0.4, 0.5) is 0 Å². The molecule has 2 heteroatoms. The van der Waals surface area contributed by atoms with Crippen LogP contribution in [-0.2, 0) is 0 Å². The highest BCUT2D eigenvalue weighted by atomic mass is 15.1. The number of hydrogen-bond acceptors (Lipinski definition) is 2. The molecule has 20 heavy (non-hydrogen) atoms. The number of nitrogens with one attached hydrogen (secondary N) is 1. The number of unbranched alkanes of at least 4 members (excludes halogenated alkanes) is 1. The minimum atomic E-state index is 0.763. The Kier molecular flexibility index (Phi) is 9.54. The first-order valence-electron chi connectivity index (χ1n) is 9.01. The van der Waals surface area contributed by atoms with Crippen molar-refractivity contribution >= 4 is 0 Å². The van der Waals surface area contributed by atoms with E-state index in [0.29, 0.717) is 0 Å². The number of nitrogens with zero attached hydrogens (tertiary/aromatic N) is 1. The average molecular weight is 283 g/mol. The fraction of sp³-hybridized carbons (Fsp3) is 1.00. The fourth-order valence-electron chi connectivity index (χ4n) is 3.39. The predicted molar refractivity (Wildman–Crippen MR) is 90.2 cm³/mol. The first-order chi connectivity index (χ1) is 9.61. The molecule has 0 bridgehead atoms. The summed E-state index contributed by atoms with van der Waals surface area (Å²) >= 11 is 0. The van der Waals surface area contributed by atoms with Crippen LogP contribution in [-0.4, -0.2) is 38.1 Å². The van der Waals surface area contributed by atoms with Crippen molar-refractivity contribution in [2.75, 3.05) is 33.2 Å². The molecule has 0 heterocycles. The highest BCUT2D eigenvalue weighted by molar-refractivity contribution is 4.74. The van der Waals surface area contributed by atoms with Crippen molar-refractivity contribution in [1.29, 1.82) is 0 Å². The second kappa shape index (κ2) is 10.6. The minimum absolute atomic E-state index is 0.763. The Balaban J connectivity index is 2.04. The molecule has 1 aliphatic rings. The zero-order valence-electron chi connectivity index (χ0n) is 14.5. The van der Waals surface area contributed by atoms with Crippen molar-refractivity contribution < 1.29 is 0 Å². The SMILES string of the molecule is CCCCC1CCC(CN(C)CCNCC(C)C)CC1. The van der Waals surface area contributed by atoms with Crippen LogP contribution < -0.4 is 5.32 Å². The molecule has 0 radical (unpaired) electrons. The molecule has 0 spiro atoms. The van der Waals surface area contributed by atoms with Crippen LogP contribution >= 0.6 is 0 Å². The standard InChI is InChI=1S/C18H38N2/c1-5-6-7-17-8-10-18(11-9-17)15-20(4)13-12-19-14-16(2)3/h16-19H,5-15H2,1-4H3. The highest BCUT2D eigenvalue weighted by Crippen LogP contribution is 2.32. The third kappa shape index (κ3) is 8.26. The Morgan fingerprint density at radius 2 is 1.75 bits per heavy atom. The van der Waals surface area contributed by atoms with Crippen LogP contribution in [0, 0.1) is 17.8 Å². The van der Waals surface area contributed by atoms with E-state index in [0.717, 1.165) is 30.8 Å². The van der Waals surface area contributed by atoms with Gasteiger partial charge in [-0.25, -0.2) is 0 Å². The summed E-state index contributed by atoms with van der Waals surface area (Å²) in [6, 6.07) is 0. The molecule has 0 saturated heterocycles. The van der Waals surface area contributed by atoms with Crippen molar-refractivity contribution in [1.82, 2.24) is 10.2 Å². The quantitative estimate of drug-likeness (QED) is 0.605. The molecule has 0 aliphatic heterocycles. The summed E-state index contributed by atoms with van der Waals surface area (Å²) in [5.41, 5.74) is 0. The van der Waals surface area contributed by atoms with Crippen LogP contribution in [0.2, 0.25) is 0 Å². The van der Waals surface area contributed by atoms with Crippen LogP contribution in [0.1, 0.15) is 65.7 Å². The maximum Gasteiger partial charge on any atom is 0.0104 e. The molecule has 0 aromatic carbocycles. The summed E-state index contributed by atoms with van der Waals surface area (Å²) in [5.74, 6) is 2.77. The van der Waals surface area contributed by atoms with E-state index >= 15 is 0 Å². The van der Waals surface area contributed by atoms with Gasteiger partial charge in [-0.05, 0) is 44.2 Å². The predicted octanol–water partition coefficient (Wildman–Crippen LogP) is 4.16. The molecule has 1 aliphatic carbocycles. The molecule has 0 aromatic heterocycles. The van der Waals surface area contributed by atoms with E-state index in [2.05, 4.69) is 38.0 Å². The molecule has 1 saturated carbocycles. The van der Waals surface area contributed by atoms with Crippen molar-refractivity contribution in [3.8, 4) is 0 Å².